The summed E-state index contributed by atoms with van der Waals surface area (Å²) in [4.78, 5) is 8.41. The van der Waals surface area contributed by atoms with E-state index in [0.29, 0.717) is 18.2 Å². The molecule has 106 valence electrons. The number of halogens is 1. The summed E-state index contributed by atoms with van der Waals surface area (Å²) in [5.41, 5.74) is 0.773. The van der Waals surface area contributed by atoms with E-state index >= 15 is 0 Å². The zero-order valence-electron chi connectivity index (χ0n) is 11.9. The fourth-order valence-electron chi connectivity index (χ4n) is 1.53. The van der Waals surface area contributed by atoms with E-state index in [-0.39, 0.29) is 11.4 Å². The van der Waals surface area contributed by atoms with Crippen molar-refractivity contribution in [1.29, 1.82) is 0 Å². The van der Waals surface area contributed by atoms with Crippen LogP contribution in [0.5, 0.6) is 11.6 Å². The fraction of sp³-hybridized carbons (Fsp3) is 0.333. The smallest absolute Gasteiger partial charge is 0.238 e. The first-order valence-electron chi connectivity index (χ1n) is 6.42. The van der Waals surface area contributed by atoms with Crippen LogP contribution in [-0.2, 0) is 6.54 Å². The number of nitrogens with one attached hydrogen (secondary N) is 1. The Bertz CT molecular complexity index is 581. The van der Waals surface area contributed by atoms with Gasteiger partial charge in [0, 0.05) is 24.3 Å². The molecule has 0 fully saturated rings. The van der Waals surface area contributed by atoms with Crippen molar-refractivity contribution in [2.24, 2.45) is 0 Å². The summed E-state index contributed by atoms with van der Waals surface area (Å²) in [5.74, 6) is 0.407. The third-order valence-electron chi connectivity index (χ3n) is 2.48. The molecule has 1 heterocycles. The van der Waals surface area contributed by atoms with Crippen LogP contribution < -0.4 is 10.1 Å². The molecule has 0 bridgehead atoms. The normalized spacial score (nSPS) is 11.4. The molecule has 0 unspecified atom stereocenters. The molecule has 0 aliphatic carbocycles. The van der Waals surface area contributed by atoms with Crippen molar-refractivity contribution < 1.29 is 9.13 Å². The molecule has 5 heteroatoms. The molecule has 1 aromatic carbocycles. The first kappa shape index (κ1) is 14.4. The predicted molar refractivity (Wildman–Crippen MR) is 75.1 cm³/mol. The molecule has 0 spiro atoms. The molecule has 0 saturated heterocycles. The Morgan fingerprint density at radius 2 is 2.05 bits per heavy atom. The number of hydrogen-bond acceptors (Lipinski definition) is 4. The van der Waals surface area contributed by atoms with Crippen molar-refractivity contribution in [3.05, 3.63) is 48.2 Å². The number of benzene rings is 1. The first-order valence-corrected chi connectivity index (χ1v) is 6.42. The van der Waals surface area contributed by atoms with Gasteiger partial charge in [0.15, 0.2) is 0 Å². The van der Waals surface area contributed by atoms with Crippen molar-refractivity contribution >= 4 is 0 Å². The van der Waals surface area contributed by atoms with Crippen molar-refractivity contribution in [2.45, 2.75) is 32.9 Å². The third kappa shape index (κ3) is 4.59. The highest BCUT2D eigenvalue weighted by molar-refractivity contribution is 5.26. The van der Waals surface area contributed by atoms with Crippen LogP contribution in [0.25, 0.3) is 0 Å². The highest BCUT2D eigenvalue weighted by Gasteiger charge is 2.09. The van der Waals surface area contributed by atoms with Crippen LogP contribution in [0.4, 0.5) is 4.39 Å². The molecule has 0 saturated carbocycles. The Balaban J connectivity index is 2.06. The molecule has 1 aromatic heterocycles. The van der Waals surface area contributed by atoms with Gasteiger partial charge < -0.3 is 10.1 Å². The summed E-state index contributed by atoms with van der Waals surface area (Å²) in [6, 6.07) is 5.93. The fourth-order valence-corrected chi connectivity index (χ4v) is 1.53. The van der Waals surface area contributed by atoms with Crippen LogP contribution in [0.15, 0.2) is 36.7 Å². The predicted octanol–water partition coefficient (Wildman–Crippen LogP) is 3.30. The topological polar surface area (TPSA) is 47.0 Å². The Morgan fingerprint density at radius 3 is 2.75 bits per heavy atom. The summed E-state index contributed by atoms with van der Waals surface area (Å²) < 4.78 is 18.6. The molecule has 20 heavy (non-hydrogen) atoms. The maximum absolute atomic E-state index is 13.1. The highest BCUT2D eigenvalue weighted by atomic mass is 19.1. The van der Waals surface area contributed by atoms with E-state index in [2.05, 4.69) is 36.1 Å². The Morgan fingerprint density at radius 1 is 1.25 bits per heavy atom. The number of hydrogen-bond donors (Lipinski definition) is 1. The lowest BCUT2D eigenvalue weighted by Gasteiger charge is -2.20. The minimum atomic E-state index is -0.346. The van der Waals surface area contributed by atoms with Gasteiger partial charge in [0.05, 0.1) is 11.9 Å². The van der Waals surface area contributed by atoms with Gasteiger partial charge >= 0.3 is 0 Å². The van der Waals surface area contributed by atoms with Crippen LogP contribution in [0.2, 0.25) is 0 Å². The van der Waals surface area contributed by atoms with Crippen LogP contribution in [0.3, 0.4) is 0 Å². The molecular weight excluding hydrogens is 257 g/mol. The van der Waals surface area contributed by atoms with E-state index in [1.165, 1.54) is 18.3 Å². The summed E-state index contributed by atoms with van der Waals surface area (Å²) in [7, 11) is 0. The van der Waals surface area contributed by atoms with Gasteiger partial charge in [0.1, 0.15) is 11.6 Å². The largest absolute Gasteiger partial charge is 0.437 e. The standard InChI is InChI=1S/C15H18FN3O/c1-15(2,3)18-9-12-8-17-10-14(19-12)20-13-6-4-5-11(16)7-13/h4-8,10,18H,9H2,1-3H3. The lowest BCUT2D eigenvalue weighted by Crippen LogP contribution is -2.35. The number of rotatable bonds is 4. The Kier molecular flexibility index (Phi) is 4.29. The maximum atomic E-state index is 13.1. The second-order valence-electron chi connectivity index (χ2n) is 5.51. The minimum absolute atomic E-state index is 0.00109. The molecule has 0 radical (unpaired) electrons. The van der Waals surface area contributed by atoms with Crippen molar-refractivity contribution in [3.63, 3.8) is 0 Å². The quantitative estimate of drug-likeness (QED) is 0.930. The summed E-state index contributed by atoms with van der Waals surface area (Å²) in [5, 5.41) is 3.32. The lowest BCUT2D eigenvalue weighted by atomic mass is 10.1. The van der Waals surface area contributed by atoms with Crippen LogP contribution >= 0.6 is 0 Å². The van der Waals surface area contributed by atoms with Crippen molar-refractivity contribution in [2.75, 3.05) is 0 Å². The molecule has 0 aliphatic heterocycles. The second kappa shape index (κ2) is 5.96. The lowest BCUT2D eigenvalue weighted by molar-refractivity contribution is 0.414. The van der Waals surface area contributed by atoms with E-state index in [9.17, 15) is 4.39 Å². The first-order chi connectivity index (χ1) is 9.42. The average Bonchev–Trinajstić information content (AvgIpc) is 2.36. The van der Waals surface area contributed by atoms with E-state index in [0.717, 1.165) is 5.69 Å². The molecule has 4 nitrogen and oxygen atoms in total. The molecule has 2 aromatic rings. The second-order valence-corrected chi connectivity index (χ2v) is 5.51. The van der Waals surface area contributed by atoms with Crippen LogP contribution in [0.1, 0.15) is 26.5 Å². The van der Waals surface area contributed by atoms with Gasteiger partial charge in [-0.05, 0) is 32.9 Å². The molecule has 0 aliphatic rings. The van der Waals surface area contributed by atoms with E-state index in [4.69, 9.17) is 4.74 Å². The van der Waals surface area contributed by atoms with Crippen LogP contribution in [0, 0.1) is 5.82 Å². The molecule has 2 rings (SSSR count). The summed E-state index contributed by atoms with van der Waals surface area (Å²) in [6.45, 7) is 6.82. The van der Waals surface area contributed by atoms with Gasteiger partial charge in [-0.1, -0.05) is 6.07 Å². The zero-order valence-corrected chi connectivity index (χ0v) is 11.9. The highest BCUT2D eigenvalue weighted by Crippen LogP contribution is 2.19. The maximum Gasteiger partial charge on any atom is 0.238 e. The van der Waals surface area contributed by atoms with Gasteiger partial charge in [0.2, 0.25) is 5.88 Å². The van der Waals surface area contributed by atoms with E-state index in [1.807, 2.05) is 0 Å². The molecule has 0 amide bonds. The van der Waals surface area contributed by atoms with Crippen molar-refractivity contribution in [1.82, 2.24) is 15.3 Å². The monoisotopic (exact) mass is 275 g/mol. The van der Waals surface area contributed by atoms with Gasteiger partial charge in [0.25, 0.3) is 0 Å². The van der Waals surface area contributed by atoms with Crippen molar-refractivity contribution in [3.8, 4) is 11.6 Å². The number of nitrogens with zero attached hydrogens (tertiary/aromatic N) is 2. The van der Waals surface area contributed by atoms with Gasteiger partial charge in [-0.3, -0.25) is 4.98 Å². The van der Waals surface area contributed by atoms with Crippen LogP contribution in [-0.4, -0.2) is 15.5 Å². The van der Waals surface area contributed by atoms with Gasteiger partial charge in [-0.2, -0.15) is 0 Å². The number of aromatic nitrogens is 2. The molecule has 1 N–H and O–H groups in total. The van der Waals surface area contributed by atoms with Gasteiger partial charge in [-0.25, -0.2) is 9.37 Å². The number of ether oxygens (including phenoxy) is 1. The molecule has 0 atom stereocenters. The Labute approximate surface area is 118 Å². The SMILES string of the molecule is CC(C)(C)NCc1cncc(Oc2cccc(F)c2)n1. The van der Waals surface area contributed by atoms with Gasteiger partial charge in [-0.15, -0.1) is 0 Å². The summed E-state index contributed by atoms with van der Waals surface area (Å²) >= 11 is 0. The van der Waals surface area contributed by atoms with E-state index < -0.39 is 0 Å². The van der Waals surface area contributed by atoms with E-state index in [1.54, 1.807) is 18.3 Å². The molecular formula is C15H18FN3O. The Hall–Kier alpha value is -2.01. The summed E-state index contributed by atoms with van der Waals surface area (Å²) in [6.07, 6.45) is 3.18. The zero-order chi connectivity index (χ0) is 14.6. The average molecular weight is 275 g/mol. The minimum Gasteiger partial charge on any atom is -0.437 e. The third-order valence-corrected chi connectivity index (χ3v) is 2.48.